The van der Waals surface area contributed by atoms with Gasteiger partial charge in [-0.3, -0.25) is 0 Å². The molecule has 1 aliphatic rings. The molecule has 1 fully saturated rings. The molecule has 5 nitrogen and oxygen atoms in total. The minimum atomic E-state index is 0.168. The summed E-state index contributed by atoms with van der Waals surface area (Å²) in [4.78, 5) is 4.58. The molecule has 0 saturated carbocycles. The number of imidazole rings is 1. The van der Waals surface area contributed by atoms with Crippen molar-refractivity contribution in [3.63, 3.8) is 0 Å². The predicted octanol–water partition coefficient (Wildman–Crippen LogP) is 4.81. The Balaban J connectivity index is 1.46. The third-order valence-corrected chi connectivity index (χ3v) is 4.77. The van der Waals surface area contributed by atoms with Gasteiger partial charge in [-0.1, -0.05) is 23.2 Å². The molecule has 26 heavy (non-hydrogen) atoms. The van der Waals surface area contributed by atoms with Crippen LogP contribution in [0.5, 0.6) is 5.75 Å². The number of aromatic nitrogens is 2. The summed E-state index contributed by atoms with van der Waals surface area (Å²) < 4.78 is 13.5. The molecule has 1 N–H and O–H groups in total. The van der Waals surface area contributed by atoms with Crippen molar-refractivity contribution in [2.75, 3.05) is 18.5 Å². The molecular weight excluding hydrogens is 373 g/mol. The Hall–Kier alpha value is -1.95. The SMILES string of the molecule is Clc1ccc(OC[C@H]2CCCO2)c(NCc2cn3cc(Cl)ccc3n2)c1. The molecule has 2 aromatic heterocycles. The second-order valence-electron chi connectivity index (χ2n) is 6.29. The van der Waals surface area contributed by atoms with Crippen molar-refractivity contribution in [2.24, 2.45) is 0 Å². The maximum Gasteiger partial charge on any atom is 0.142 e. The van der Waals surface area contributed by atoms with Crippen LogP contribution in [0.2, 0.25) is 10.0 Å². The molecule has 4 rings (SSSR count). The van der Waals surface area contributed by atoms with E-state index >= 15 is 0 Å². The Kier molecular flexibility index (Phi) is 5.20. The lowest BCUT2D eigenvalue weighted by molar-refractivity contribution is 0.0682. The Labute approximate surface area is 161 Å². The highest BCUT2D eigenvalue weighted by molar-refractivity contribution is 6.31. The fourth-order valence-corrected chi connectivity index (χ4v) is 3.35. The van der Waals surface area contributed by atoms with Crippen molar-refractivity contribution in [2.45, 2.75) is 25.5 Å². The second-order valence-corrected chi connectivity index (χ2v) is 7.16. The predicted molar refractivity (Wildman–Crippen MR) is 103 cm³/mol. The topological polar surface area (TPSA) is 47.8 Å². The minimum absolute atomic E-state index is 0.168. The summed E-state index contributed by atoms with van der Waals surface area (Å²) in [6, 6.07) is 9.28. The zero-order valence-corrected chi connectivity index (χ0v) is 15.6. The Bertz CT molecular complexity index is 907. The van der Waals surface area contributed by atoms with E-state index in [2.05, 4.69) is 10.3 Å². The molecule has 0 aliphatic carbocycles. The van der Waals surface area contributed by atoms with Crippen LogP contribution in [0.3, 0.4) is 0 Å². The van der Waals surface area contributed by atoms with Crippen LogP contribution in [0.1, 0.15) is 18.5 Å². The molecular formula is C19H19Cl2N3O2. The highest BCUT2D eigenvalue weighted by Crippen LogP contribution is 2.29. The number of pyridine rings is 1. The quantitative estimate of drug-likeness (QED) is 0.654. The van der Waals surface area contributed by atoms with Crippen LogP contribution in [-0.2, 0) is 11.3 Å². The summed E-state index contributed by atoms with van der Waals surface area (Å²) in [6.07, 6.45) is 6.09. The zero-order valence-electron chi connectivity index (χ0n) is 14.1. The van der Waals surface area contributed by atoms with Gasteiger partial charge in [0, 0.05) is 24.0 Å². The van der Waals surface area contributed by atoms with Gasteiger partial charge in [-0.25, -0.2) is 4.98 Å². The first-order valence-corrected chi connectivity index (χ1v) is 9.34. The summed E-state index contributed by atoms with van der Waals surface area (Å²) in [6.45, 7) is 1.91. The molecule has 0 spiro atoms. The van der Waals surface area contributed by atoms with Gasteiger partial charge in [-0.05, 0) is 43.2 Å². The maximum atomic E-state index is 6.15. The van der Waals surface area contributed by atoms with Crippen LogP contribution in [0.25, 0.3) is 5.65 Å². The maximum absolute atomic E-state index is 6.15. The summed E-state index contributed by atoms with van der Waals surface area (Å²) >= 11 is 12.2. The van der Waals surface area contributed by atoms with E-state index in [0.29, 0.717) is 23.2 Å². The number of nitrogens with zero attached hydrogens (tertiary/aromatic N) is 2. The van der Waals surface area contributed by atoms with Crippen molar-refractivity contribution in [1.29, 1.82) is 0 Å². The van der Waals surface area contributed by atoms with Gasteiger partial charge in [0.15, 0.2) is 0 Å². The molecule has 3 heterocycles. The van der Waals surface area contributed by atoms with E-state index in [-0.39, 0.29) is 6.10 Å². The summed E-state index contributed by atoms with van der Waals surface area (Å²) in [7, 11) is 0. The smallest absolute Gasteiger partial charge is 0.142 e. The summed E-state index contributed by atoms with van der Waals surface area (Å²) in [5, 5.41) is 4.69. The largest absolute Gasteiger partial charge is 0.489 e. The van der Waals surface area contributed by atoms with Gasteiger partial charge in [-0.15, -0.1) is 0 Å². The highest BCUT2D eigenvalue weighted by Gasteiger charge is 2.17. The van der Waals surface area contributed by atoms with Gasteiger partial charge in [0.05, 0.1) is 29.1 Å². The van der Waals surface area contributed by atoms with Crippen LogP contribution in [0, 0.1) is 0 Å². The van der Waals surface area contributed by atoms with Gasteiger partial charge in [-0.2, -0.15) is 0 Å². The number of benzene rings is 1. The van der Waals surface area contributed by atoms with Crippen molar-refractivity contribution >= 4 is 34.5 Å². The zero-order chi connectivity index (χ0) is 17.9. The number of halogens is 2. The molecule has 136 valence electrons. The number of rotatable bonds is 6. The number of fused-ring (bicyclic) bond motifs is 1. The van der Waals surface area contributed by atoms with Gasteiger partial charge < -0.3 is 19.2 Å². The van der Waals surface area contributed by atoms with Crippen LogP contribution in [0.15, 0.2) is 42.7 Å². The number of hydrogen-bond donors (Lipinski definition) is 1. The number of ether oxygens (including phenoxy) is 2. The second kappa shape index (κ2) is 7.74. The first-order chi connectivity index (χ1) is 12.7. The standard InChI is InChI=1S/C19H19Cl2N3O2/c20-13-3-5-18(26-12-16-2-1-7-25-16)17(8-13)22-9-15-11-24-10-14(21)4-6-19(24)23-15/h3-6,8,10-11,16,22H,1-2,7,9,12H2/t16-/m1/s1. The first kappa shape index (κ1) is 17.5. The van der Waals surface area contributed by atoms with E-state index in [9.17, 15) is 0 Å². The van der Waals surface area contributed by atoms with Crippen molar-refractivity contribution in [3.05, 3.63) is 58.5 Å². The molecule has 3 aromatic rings. The van der Waals surface area contributed by atoms with E-state index < -0.39 is 0 Å². The summed E-state index contributed by atoms with van der Waals surface area (Å²) in [5.41, 5.74) is 2.59. The lowest BCUT2D eigenvalue weighted by atomic mass is 10.2. The van der Waals surface area contributed by atoms with Gasteiger partial charge in [0.2, 0.25) is 0 Å². The molecule has 0 amide bonds. The molecule has 0 radical (unpaired) electrons. The van der Waals surface area contributed by atoms with Crippen LogP contribution in [-0.4, -0.2) is 28.7 Å². The minimum Gasteiger partial charge on any atom is -0.489 e. The average Bonchev–Trinajstić information content (AvgIpc) is 3.28. The number of anilines is 1. The van der Waals surface area contributed by atoms with E-state index in [4.69, 9.17) is 32.7 Å². The Morgan fingerprint density at radius 3 is 2.92 bits per heavy atom. The van der Waals surface area contributed by atoms with E-state index in [0.717, 1.165) is 42.2 Å². The molecule has 7 heteroatoms. The van der Waals surface area contributed by atoms with E-state index in [1.54, 1.807) is 0 Å². The monoisotopic (exact) mass is 391 g/mol. The highest BCUT2D eigenvalue weighted by atomic mass is 35.5. The fraction of sp³-hybridized carbons (Fsp3) is 0.316. The first-order valence-electron chi connectivity index (χ1n) is 8.58. The van der Waals surface area contributed by atoms with Crippen LogP contribution >= 0.6 is 23.2 Å². The van der Waals surface area contributed by atoms with E-state index in [1.165, 1.54) is 0 Å². The number of nitrogens with one attached hydrogen (secondary N) is 1. The van der Waals surface area contributed by atoms with Crippen LogP contribution in [0.4, 0.5) is 5.69 Å². The molecule has 0 unspecified atom stereocenters. The van der Waals surface area contributed by atoms with Gasteiger partial charge in [0.25, 0.3) is 0 Å². The lowest BCUT2D eigenvalue weighted by Gasteiger charge is -2.15. The van der Waals surface area contributed by atoms with E-state index in [1.807, 2.05) is 47.1 Å². The molecule has 1 saturated heterocycles. The van der Waals surface area contributed by atoms with Crippen molar-refractivity contribution in [3.8, 4) is 5.75 Å². The summed E-state index contributed by atoms with van der Waals surface area (Å²) in [5.74, 6) is 0.761. The van der Waals surface area contributed by atoms with Crippen LogP contribution < -0.4 is 10.1 Å². The molecule has 1 aliphatic heterocycles. The molecule has 0 bridgehead atoms. The Morgan fingerprint density at radius 2 is 2.08 bits per heavy atom. The number of hydrogen-bond acceptors (Lipinski definition) is 4. The third kappa shape index (κ3) is 4.06. The molecule has 1 aromatic carbocycles. The average molecular weight is 392 g/mol. The molecule has 1 atom stereocenters. The van der Waals surface area contributed by atoms with Gasteiger partial charge in [0.1, 0.15) is 18.0 Å². The third-order valence-electron chi connectivity index (χ3n) is 4.32. The lowest BCUT2D eigenvalue weighted by Crippen LogP contribution is -2.17. The van der Waals surface area contributed by atoms with Crippen molar-refractivity contribution in [1.82, 2.24) is 9.38 Å². The fourth-order valence-electron chi connectivity index (χ4n) is 3.01. The Morgan fingerprint density at radius 1 is 1.19 bits per heavy atom. The van der Waals surface area contributed by atoms with Crippen molar-refractivity contribution < 1.29 is 9.47 Å². The normalized spacial score (nSPS) is 16.9. The van der Waals surface area contributed by atoms with Gasteiger partial charge >= 0.3 is 0 Å².